The Bertz CT molecular complexity index is 991. The highest BCUT2D eigenvalue weighted by Gasteiger charge is 2.35. The number of anilines is 2. The topological polar surface area (TPSA) is 122 Å². The number of hydrogen-bond donors (Lipinski definition) is 3. The molecule has 10 heteroatoms. The summed E-state index contributed by atoms with van der Waals surface area (Å²) < 4.78 is 10.4. The molecule has 2 amide bonds. The molecule has 3 N–H and O–H groups in total. The van der Waals surface area contributed by atoms with Crippen molar-refractivity contribution < 1.29 is 19.1 Å². The standard InChI is InChI=1S/C19H22N4O5S/c1-4-7-29-19-22-16-15(18(26)23-19)11(9-14(24)21-16)17(25)20-12-6-5-10(27-2)8-13(12)28-3/h5-6,8,11H,4,7,9H2,1-3H3,(H,20,25)(H2,21,22,23,24,26)/t11-/m1/s1. The van der Waals surface area contributed by atoms with Crippen LogP contribution < -0.4 is 25.7 Å². The number of thioether (sulfide) groups is 1. The zero-order valence-corrected chi connectivity index (χ0v) is 17.1. The van der Waals surface area contributed by atoms with Gasteiger partial charge in [-0.1, -0.05) is 18.7 Å². The maximum Gasteiger partial charge on any atom is 0.257 e. The Morgan fingerprint density at radius 3 is 2.79 bits per heavy atom. The maximum absolute atomic E-state index is 12.9. The molecule has 0 fully saturated rings. The van der Waals surface area contributed by atoms with Crippen LogP contribution in [0.1, 0.15) is 31.2 Å². The summed E-state index contributed by atoms with van der Waals surface area (Å²) in [5.74, 6) is 0.0420. The van der Waals surface area contributed by atoms with Crippen LogP contribution >= 0.6 is 11.8 Å². The Morgan fingerprint density at radius 1 is 1.31 bits per heavy atom. The molecule has 0 unspecified atom stereocenters. The van der Waals surface area contributed by atoms with Crippen LogP contribution in [0, 0.1) is 0 Å². The Kier molecular flexibility index (Phi) is 6.42. The first-order chi connectivity index (χ1) is 14.0. The van der Waals surface area contributed by atoms with Crippen LogP contribution in [0.25, 0.3) is 0 Å². The normalized spacial score (nSPS) is 15.3. The van der Waals surface area contributed by atoms with E-state index in [9.17, 15) is 14.4 Å². The molecule has 1 aliphatic rings. The number of H-pyrrole nitrogens is 1. The molecule has 0 radical (unpaired) electrons. The van der Waals surface area contributed by atoms with E-state index in [1.807, 2.05) is 6.92 Å². The second kappa shape index (κ2) is 8.99. The molecule has 9 nitrogen and oxygen atoms in total. The highest BCUT2D eigenvalue weighted by Crippen LogP contribution is 2.33. The number of carbonyl (C=O) groups is 2. The summed E-state index contributed by atoms with van der Waals surface area (Å²) in [4.78, 5) is 44.7. The number of hydrogen-bond acceptors (Lipinski definition) is 7. The fourth-order valence-electron chi connectivity index (χ4n) is 2.96. The summed E-state index contributed by atoms with van der Waals surface area (Å²) in [7, 11) is 2.99. The number of aromatic amines is 1. The molecule has 0 aliphatic carbocycles. The zero-order valence-electron chi connectivity index (χ0n) is 16.3. The van der Waals surface area contributed by atoms with Crippen molar-refractivity contribution in [3.8, 4) is 11.5 Å². The van der Waals surface area contributed by atoms with Gasteiger partial charge in [-0.3, -0.25) is 14.4 Å². The van der Waals surface area contributed by atoms with E-state index in [1.165, 1.54) is 26.0 Å². The Morgan fingerprint density at radius 2 is 2.10 bits per heavy atom. The third-order valence-electron chi connectivity index (χ3n) is 4.36. The van der Waals surface area contributed by atoms with Crippen LogP contribution in [0.5, 0.6) is 11.5 Å². The van der Waals surface area contributed by atoms with Gasteiger partial charge in [0.1, 0.15) is 17.3 Å². The highest BCUT2D eigenvalue weighted by molar-refractivity contribution is 7.99. The van der Waals surface area contributed by atoms with E-state index >= 15 is 0 Å². The van der Waals surface area contributed by atoms with Crippen molar-refractivity contribution >= 4 is 35.1 Å². The average Bonchev–Trinajstić information content (AvgIpc) is 2.71. The molecule has 0 saturated heterocycles. The number of methoxy groups -OCH3 is 2. The highest BCUT2D eigenvalue weighted by atomic mass is 32.2. The van der Waals surface area contributed by atoms with E-state index in [0.29, 0.717) is 22.3 Å². The summed E-state index contributed by atoms with van der Waals surface area (Å²) in [5, 5.41) is 5.74. The second-order valence-electron chi connectivity index (χ2n) is 6.34. The van der Waals surface area contributed by atoms with Crippen LogP contribution in [-0.2, 0) is 9.59 Å². The van der Waals surface area contributed by atoms with Crippen LogP contribution in [0.4, 0.5) is 11.5 Å². The quantitative estimate of drug-likeness (QED) is 0.466. The molecule has 1 atom stereocenters. The smallest absolute Gasteiger partial charge is 0.257 e. The molecule has 2 aromatic rings. The van der Waals surface area contributed by atoms with Gasteiger partial charge in [0.05, 0.1) is 31.4 Å². The van der Waals surface area contributed by atoms with Gasteiger partial charge < -0.3 is 25.1 Å². The van der Waals surface area contributed by atoms with Gasteiger partial charge in [0.2, 0.25) is 11.8 Å². The molecule has 29 heavy (non-hydrogen) atoms. The van der Waals surface area contributed by atoms with Gasteiger partial charge in [-0.05, 0) is 18.6 Å². The number of nitrogens with one attached hydrogen (secondary N) is 3. The van der Waals surface area contributed by atoms with E-state index in [-0.39, 0.29) is 23.7 Å². The lowest BCUT2D eigenvalue weighted by Crippen LogP contribution is -2.36. The summed E-state index contributed by atoms with van der Waals surface area (Å²) in [6, 6.07) is 4.93. The molecule has 154 valence electrons. The number of fused-ring (bicyclic) bond motifs is 1. The number of ether oxygens (including phenoxy) is 2. The van der Waals surface area contributed by atoms with E-state index < -0.39 is 17.4 Å². The number of rotatable bonds is 7. The number of benzene rings is 1. The SMILES string of the molecule is CCCSc1nc2c(c(=O)[nH]1)[C@H](C(=O)Nc1ccc(OC)cc1OC)CC(=O)N2. The molecule has 1 aromatic carbocycles. The fourth-order valence-corrected chi connectivity index (χ4v) is 3.68. The van der Waals surface area contributed by atoms with Crippen LogP contribution in [0.15, 0.2) is 28.2 Å². The molecule has 1 aromatic heterocycles. The first-order valence-electron chi connectivity index (χ1n) is 9.06. The van der Waals surface area contributed by atoms with Crippen LogP contribution in [0.2, 0.25) is 0 Å². The summed E-state index contributed by atoms with van der Waals surface area (Å²) >= 11 is 1.38. The van der Waals surface area contributed by atoms with E-state index in [2.05, 4.69) is 20.6 Å². The monoisotopic (exact) mass is 418 g/mol. The second-order valence-corrected chi connectivity index (χ2v) is 7.43. The third-order valence-corrected chi connectivity index (χ3v) is 5.43. The lowest BCUT2D eigenvalue weighted by Gasteiger charge is -2.24. The number of amides is 2. The van der Waals surface area contributed by atoms with E-state index in [4.69, 9.17) is 9.47 Å². The number of aromatic nitrogens is 2. The predicted octanol–water partition coefficient (Wildman–Crippen LogP) is 2.35. The van der Waals surface area contributed by atoms with E-state index in [0.717, 1.165) is 12.2 Å². The molecular formula is C19H22N4O5S. The largest absolute Gasteiger partial charge is 0.497 e. The van der Waals surface area contributed by atoms with Gasteiger partial charge in [-0.25, -0.2) is 4.98 Å². The van der Waals surface area contributed by atoms with Gasteiger partial charge in [-0.15, -0.1) is 0 Å². The van der Waals surface area contributed by atoms with Crippen molar-refractivity contribution in [1.82, 2.24) is 9.97 Å². The van der Waals surface area contributed by atoms with Crippen molar-refractivity contribution in [2.45, 2.75) is 30.8 Å². The summed E-state index contributed by atoms with van der Waals surface area (Å²) in [6.07, 6.45) is 0.760. The molecule has 3 rings (SSSR count). The van der Waals surface area contributed by atoms with Crippen molar-refractivity contribution in [3.63, 3.8) is 0 Å². The predicted molar refractivity (Wildman–Crippen MR) is 110 cm³/mol. The number of carbonyl (C=O) groups excluding carboxylic acids is 2. The van der Waals surface area contributed by atoms with Crippen molar-refractivity contribution in [2.24, 2.45) is 0 Å². The lowest BCUT2D eigenvalue weighted by atomic mass is 9.92. The van der Waals surface area contributed by atoms with Gasteiger partial charge >= 0.3 is 0 Å². The molecular weight excluding hydrogens is 396 g/mol. The first-order valence-corrected chi connectivity index (χ1v) is 10.0. The molecule has 2 heterocycles. The minimum atomic E-state index is -0.966. The average molecular weight is 418 g/mol. The molecule has 0 spiro atoms. The molecule has 0 saturated carbocycles. The Labute approximate surface area is 171 Å². The van der Waals surface area contributed by atoms with E-state index in [1.54, 1.807) is 18.2 Å². The van der Waals surface area contributed by atoms with Gasteiger partial charge in [0.25, 0.3) is 5.56 Å². The maximum atomic E-state index is 12.9. The lowest BCUT2D eigenvalue weighted by molar-refractivity contribution is -0.123. The molecule has 0 bridgehead atoms. The molecule has 1 aliphatic heterocycles. The third kappa shape index (κ3) is 4.53. The Hall–Kier alpha value is -3.01. The Balaban J connectivity index is 1.91. The van der Waals surface area contributed by atoms with Crippen LogP contribution in [-0.4, -0.2) is 41.8 Å². The zero-order chi connectivity index (χ0) is 21.0. The fraction of sp³-hybridized carbons (Fsp3) is 0.368. The van der Waals surface area contributed by atoms with Crippen LogP contribution in [0.3, 0.4) is 0 Å². The minimum absolute atomic E-state index is 0.130. The summed E-state index contributed by atoms with van der Waals surface area (Å²) in [5.41, 5.74) is 0.121. The number of nitrogens with zero attached hydrogens (tertiary/aromatic N) is 1. The summed E-state index contributed by atoms with van der Waals surface area (Å²) in [6.45, 7) is 2.01. The van der Waals surface area contributed by atoms with Gasteiger partial charge in [0, 0.05) is 18.2 Å². The van der Waals surface area contributed by atoms with Gasteiger partial charge in [0.15, 0.2) is 5.16 Å². The van der Waals surface area contributed by atoms with Gasteiger partial charge in [-0.2, -0.15) is 0 Å². The minimum Gasteiger partial charge on any atom is -0.497 e. The van der Waals surface area contributed by atoms with Crippen molar-refractivity contribution in [1.29, 1.82) is 0 Å². The van der Waals surface area contributed by atoms with Crippen molar-refractivity contribution in [2.75, 3.05) is 30.6 Å². The van der Waals surface area contributed by atoms with Crippen molar-refractivity contribution in [3.05, 3.63) is 34.1 Å². The first kappa shape index (κ1) is 20.7.